The molecule has 0 bridgehead atoms. The third-order valence-electron chi connectivity index (χ3n) is 2.53. The number of benzene rings is 1. The van der Waals surface area contributed by atoms with E-state index in [9.17, 15) is 4.39 Å². The van der Waals surface area contributed by atoms with Crippen molar-refractivity contribution in [3.63, 3.8) is 0 Å². The first kappa shape index (κ1) is 11.6. The van der Waals surface area contributed by atoms with Crippen LogP contribution in [0.5, 0.6) is 0 Å². The van der Waals surface area contributed by atoms with E-state index in [1.165, 1.54) is 12.1 Å². The van der Waals surface area contributed by atoms with Gasteiger partial charge in [-0.3, -0.25) is 0 Å². The monoisotopic (exact) mass is 229 g/mol. The molecular formula is C14H14FN2. The maximum Gasteiger partial charge on any atom is 0.128 e. The van der Waals surface area contributed by atoms with Crippen LogP contribution < -0.4 is 4.90 Å². The molecule has 2 nitrogen and oxygen atoms in total. The SMILES string of the molecule is [CH2]CN(Cc1ccc(F)cc1)c1ccccn1. The van der Waals surface area contributed by atoms with Crippen molar-refractivity contribution in [2.75, 3.05) is 11.4 Å². The summed E-state index contributed by atoms with van der Waals surface area (Å²) in [5, 5.41) is 0. The lowest BCUT2D eigenvalue weighted by molar-refractivity contribution is 0.626. The largest absolute Gasteiger partial charge is 0.352 e. The van der Waals surface area contributed by atoms with E-state index in [1.807, 2.05) is 23.1 Å². The second-order valence-electron chi connectivity index (χ2n) is 3.74. The van der Waals surface area contributed by atoms with E-state index in [-0.39, 0.29) is 5.82 Å². The number of hydrogen-bond donors (Lipinski definition) is 0. The zero-order valence-electron chi connectivity index (χ0n) is 9.51. The van der Waals surface area contributed by atoms with Gasteiger partial charge in [-0.25, -0.2) is 9.37 Å². The summed E-state index contributed by atoms with van der Waals surface area (Å²) < 4.78 is 12.8. The van der Waals surface area contributed by atoms with Crippen LogP contribution in [0.15, 0.2) is 48.7 Å². The highest BCUT2D eigenvalue weighted by Crippen LogP contribution is 2.13. The van der Waals surface area contributed by atoms with E-state index in [0.29, 0.717) is 13.1 Å². The fourth-order valence-corrected chi connectivity index (χ4v) is 1.63. The molecule has 0 atom stereocenters. The van der Waals surface area contributed by atoms with Crippen LogP contribution in [0.2, 0.25) is 0 Å². The second-order valence-corrected chi connectivity index (χ2v) is 3.74. The molecular weight excluding hydrogens is 215 g/mol. The van der Waals surface area contributed by atoms with Gasteiger partial charge in [0.2, 0.25) is 0 Å². The standard InChI is InChI=1S/C14H14FN2/c1-2-17(14-5-3-4-10-16-14)11-12-6-8-13(15)9-7-12/h3-10H,1-2,11H2. The normalized spacial score (nSPS) is 10.2. The molecule has 0 saturated heterocycles. The predicted molar refractivity (Wildman–Crippen MR) is 67.0 cm³/mol. The van der Waals surface area contributed by atoms with Gasteiger partial charge in [0.05, 0.1) is 0 Å². The average Bonchev–Trinajstić information content (AvgIpc) is 2.39. The van der Waals surface area contributed by atoms with Gasteiger partial charge in [0, 0.05) is 19.3 Å². The molecule has 0 aliphatic rings. The van der Waals surface area contributed by atoms with Crippen molar-refractivity contribution in [2.45, 2.75) is 6.54 Å². The first-order valence-electron chi connectivity index (χ1n) is 5.49. The quantitative estimate of drug-likeness (QED) is 0.801. The number of anilines is 1. The van der Waals surface area contributed by atoms with Gasteiger partial charge in [0.15, 0.2) is 0 Å². The van der Waals surface area contributed by atoms with Gasteiger partial charge in [0.25, 0.3) is 0 Å². The maximum atomic E-state index is 12.8. The van der Waals surface area contributed by atoms with Gasteiger partial charge in [-0.05, 0) is 36.8 Å². The van der Waals surface area contributed by atoms with Crippen molar-refractivity contribution in [3.05, 3.63) is 67.0 Å². The Bertz CT molecular complexity index is 453. The zero-order valence-corrected chi connectivity index (χ0v) is 9.51. The predicted octanol–water partition coefficient (Wildman–Crippen LogP) is 3.06. The van der Waals surface area contributed by atoms with Crippen LogP contribution in [0.1, 0.15) is 5.56 Å². The van der Waals surface area contributed by atoms with Crippen molar-refractivity contribution in [1.29, 1.82) is 0 Å². The second kappa shape index (κ2) is 5.43. The summed E-state index contributed by atoms with van der Waals surface area (Å²) in [5.74, 6) is 0.666. The molecule has 0 amide bonds. The van der Waals surface area contributed by atoms with Gasteiger partial charge in [-0.1, -0.05) is 18.2 Å². The van der Waals surface area contributed by atoms with Crippen LogP contribution in [0.4, 0.5) is 10.2 Å². The molecule has 0 fully saturated rings. The number of aromatic nitrogens is 1. The van der Waals surface area contributed by atoms with Gasteiger partial charge < -0.3 is 4.90 Å². The Morgan fingerprint density at radius 3 is 2.47 bits per heavy atom. The van der Waals surface area contributed by atoms with Crippen molar-refractivity contribution >= 4 is 5.82 Å². The van der Waals surface area contributed by atoms with E-state index in [4.69, 9.17) is 0 Å². The molecule has 1 radical (unpaired) electrons. The molecule has 87 valence electrons. The Hall–Kier alpha value is -1.90. The lowest BCUT2D eigenvalue weighted by Crippen LogP contribution is -2.23. The zero-order chi connectivity index (χ0) is 12.1. The smallest absolute Gasteiger partial charge is 0.128 e. The van der Waals surface area contributed by atoms with E-state index in [1.54, 1.807) is 18.3 Å². The van der Waals surface area contributed by atoms with Crippen LogP contribution in [0, 0.1) is 12.7 Å². The third-order valence-corrected chi connectivity index (χ3v) is 2.53. The van der Waals surface area contributed by atoms with Gasteiger partial charge in [-0.2, -0.15) is 0 Å². The molecule has 17 heavy (non-hydrogen) atoms. The topological polar surface area (TPSA) is 16.1 Å². The molecule has 0 unspecified atom stereocenters. The fraction of sp³-hybridized carbons (Fsp3) is 0.143. The number of nitrogens with zero attached hydrogens (tertiary/aromatic N) is 2. The minimum absolute atomic E-state index is 0.215. The first-order chi connectivity index (χ1) is 8.29. The van der Waals surface area contributed by atoms with Crippen molar-refractivity contribution in [2.24, 2.45) is 0 Å². The van der Waals surface area contributed by atoms with E-state index < -0.39 is 0 Å². The average molecular weight is 229 g/mol. The van der Waals surface area contributed by atoms with Crippen molar-refractivity contribution < 1.29 is 4.39 Å². The molecule has 1 aromatic heterocycles. The Kier molecular flexibility index (Phi) is 3.70. The van der Waals surface area contributed by atoms with Gasteiger partial charge >= 0.3 is 0 Å². The Labute approximate surface area is 101 Å². The highest BCUT2D eigenvalue weighted by atomic mass is 19.1. The molecule has 0 spiro atoms. The van der Waals surface area contributed by atoms with E-state index in [2.05, 4.69) is 11.9 Å². The van der Waals surface area contributed by atoms with Crippen molar-refractivity contribution in [3.8, 4) is 0 Å². The molecule has 0 saturated carbocycles. The summed E-state index contributed by atoms with van der Waals surface area (Å²) in [7, 11) is 0. The summed E-state index contributed by atoms with van der Waals surface area (Å²) in [6, 6.07) is 12.2. The Morgan fingerprint density at radius 1 is 1.12 bits per heavy atom. The number of pyridine rings is 1. The highest BCUT2D eigenvalue weighted by Gasteiger charge is 2.05. The number of rotatable bonds is 4. The summed E-state index contributed by atoms with van der Waals surface area (Å²) >= 11 is 0. The third kappa shape index (κ3) is 3.03. The van der Waals surface area contributed by atoms with E-state index in [0.717, 1.165) is 11.4 Å². The molecule has 0 aliphatic heterocycles. The summed E-state index contributed by atoms with van der Waals surface area (Å²) in [4.78, 5) is 6.31. The first-order valence-corrected chi connectivity index (χ1v) is 5.49. The molecule has 1 heterocycles. The van der Waals surface area contributed by atoms with E-state index >= 15 is 0 Å². The summed E-state index contributed by atoms with van der Waals surface area (Å²) in [6.07, 6.45) is 1.75. The van der Waals surface area contributed by atoms with Crippen molar-refractivity contribution in [1.82, 2.24) is 4.98 Å². The van der Waals surface area contributed by atoms with Gasteiger partial charge in [-0.15, -0.1) is 0 Å². The molecule has 0 N–H and O–H groups in total. The lowest BCUT2D eigenvalue weighted by Gasteiger charge is -2.21. The van der Waals surface area contributed by atoms with Crippen LogP contribution in [0.25, 0.3) is 0 Å². The minimum atomic E-state index is -0.215. The maximum absolute atomic E-state index is 12.8. The summed E-state index contributed by atoms with van der Waals surface area (Å²) in [6.45, 7) is 5.19. The van der Waals surface area contributed by atoms with Gasteiger partial charge in [0.1, 0.15) is 11.6 Å². The fourth-order valence-electron chi connectivity index (χ4n) is 1.63. The highest BCUT2D eigenvalue weighted by molar-refractivity contribution is 5.39. The number of halogens is 1. The van der Waals surface area contributed by atoms with Crippen LogP contribution >= 0.6 is 0 Å². The number of hydrogen-bond acceptors (Lipinski definition) is 2. The molecule has 2 rings (SSSR count). The molecule has 3 heteroatoms. The Morgan fingerprint density at radius 2 is 1.88 bits per heavy atom. The molecule has 1 aromatic carbocycles. The minimum Gasteiger partial charge on any atom is -0.352 e. The van der Waals surface area contributed by atoms with Crippen LogP contribution in [0.3, 0.4) is 0 Å². The van der Waals surface area contributed by atoms with Crippen LogP contribution in [-0.4, -0.2) is 11.5 Å². The summed E-state index contributed by atoms with van der Waals surface area (Å²) in [5.41, 5.74) is 1.04. The molecule has 0 aliphatic carbocycles. The lowest BCUT2D eigenvalue weighted by atomic mass is 10.2. The van der Waals surface area contributed by atoms with Crippen LogP contribution in [-0.2, 0) is 6.54 Å². The molecule has 2 aromatic rings. The Balaban J connectivity index is 2.13.